The Labute approximate surface area is 96.8 Å². The van der Waals surface area contributed by atoms with Crippen LogP contribution in [0.2, 0.25) is 5.02 Å². The molecule has 0 spiro atoms. The van der Waals surface area contributed by atoms with E-state index in [9.17, 15) is 0 Å². The number of benzene rings is 1. The summed E-state index contributed by atoms with van der Waals surface area (Å²) in [7, 11) is 0. The largest absolute Gasteiger partial charge is 0.316 e. The summed E-state index contributed by atoms with van der Waals surface area (Å²) in [6, 6.07) is 8.31. The summed E-state index contributed by atoms with van der Waals surface area (Å²) in [4.78, 5) is 0. The van der Waals surface area contributed by atoms with E-state index in [2.05, 4.69) is 30.4 Å². The highest BCUT2D eigenvalue weighted by atomic mass is 35.5. The van der Waals surface area contributed by atoms with Gasteiger partial charge >= 0.3 is 0 Å². The second kappa shape index (κ2) is 5.00. The van der Waals surface area contributed by atoms with Gasteiger partial charge in [-0.3, -0.25) is 0 Å². The molecule has 1 fully saturated rings. The first kappa shape index (κ1) is 11.0. The lowest BCUT2D eigenvalue weighted by atomic mass is 9.86. The van der Waals surface area contributed by atoms with E-state index in [1.807, 2.05) is 6.07 Å². The van der Waals surface area contributed by atoms with Crippen molar-refractivity contribution in [1.82, 2.24) is 5.32 Å². The van der Waals surface area contributed by atoms with Crippen LogP contribution in [-0.2, 0) is 0 Å². The Bertz CT molecular complexity index is 324. The van der Waals surface area contributed by atoms with Crippen LogP contribution in [0.5, 0.6) is 0 Å². The van der Waals surface area contributed by atoms with Gasteiger partial charge in [-0.05, 0) is 36.6 Å². The molecule has 0 amide bonds. The Morgan fingerprint density at radius 2 is 2.27 bits per heavy atom. The highest BCUT2D eigenvalue weighted by Gasteiger charge is 2.27. The van der Waals surface area contributed by atoms with Crippen molar-refractivity contribution in [2.45, 2.75) is 25.7 Å². The number of rotatable bonds is 3. The van der Waals surface area contributed by atoms with E-state index in [1.54, 1.807) is 0 Å². The summed E-state index contributed by atoms with van der Waals surface area (Å²) in [6.45, 7) is 4.52. The van der Waals surface area contributed by atoms with Crippen molar-refractivity contribution in [1.29, 1.82) is 0 Å². The second-order valence-electron chi connectivity index (χ2n) is 4.37. The van der Waals surface area contributed by atoms with Gasteiger partial charge in [0.15, 0.2) is 0 Å². The summed E-state index contributed by atoms with van der Waals surface area (Å²) in [5.74, 6) is 1.44. The summed E-state index contributed by atoms with van der Waals surface area (Å²) in [5.41, 5.74) is 1.39. The Morgan fingerprint density at radius 1 is 1.40 bits per heavy atom. The van der Waals surface area contributed by atoms with Gasteiger partial charge in [-0.2, -0.15) is 0 Å². The van der Waals surface area contributed by atoms with Crippen molar-refractivity contribution >= 4 is 11.6 Å². The molecule has 1 saturated heterocycles. The molecule has 0 aromatic heterocycles. The van der Waals surface area contributed by atoms with Crippen molar-refractivity contribution in [2.24, 2.45) is 5.92 Å². The smallest absolute Gasteiger partial charge is 0.0408 e. The topological polar surface area (TPSA) is 12.0 Å². The number of hydrogen-bond donors (Lipinski definition) is 1. The molecular weight excluding hydrogens is 206 g/mol. The zero-order valence-corrected chi connectivity index (χ0v) is 9.93. The molecule has 2 rings (SSSR count). The average molecular weight is 224 g/mol. The molecule has 0 radical (unpaired) electrons. The van der Waals surface area contributed by atoms with Gasteiger partial charge in [-0.15, -0.1) is 0 Å². The van der Waals surface area contributed by atoms with Crippen LogP contribution in [0.15, 0.2) is 24.3 Å². The van der Waals surface area contributed by atoms with Crippen LogP contribution in [0.4, 0.5) is 0 Å². The summed E-state index contributed by atoms with van der Waals surface area (Å²) in [6.07, 6.45) is 2.58. The van der Waals surface area contributed by atoms with Crippen LogP contribution in [0, 0.1) is 5.92 Å². The van der Waals surface area contributed by atoms with Crippen molar-refractivity contribution in [3.63, 3.8) is 0 Å². The fraction of sp³-hybridized carbons (Fsp3) is 0.538. The van der Waals surface area contributed by atoms with Crippen LogP contribution in [0.3, 0.4) is 0 Å². The van der Waals surface area contributed by atoms with Gasteiger partial charge in [-0.1, -0.05) is 37.1 Å². The molecule has 0 bridgehead atoms. The van der Waals surface area contributed by atoms with Gasteiger partial charge in [0.25, 0.3) is 0 Å². The van der Waals surface area contributed by atoms with E-state index in [4.69, 9.17) is 11.6 Å². The highest BCUT2D eigenvalue weighted by molar-refractivity contribution is 6.30. The fourth-order valence-electron chi connectivity index (χ4n) is 2.53. The minimum Gasteiger partial charge on any atom is -0.316 e. The SMILES string of the molecule is CCC[C@@H]1CNC[C@@H]1c1cccc(Cl)c1. The Hall–Kier alpha value is -0.530. The zero-order valence-electron chi connectivity index (χ0n) is 9.17. The molecule has 1 nitrogen and oxygen atoms in total. The average Bonchev–Trinajstić information content (AvgIpc) is 2.66. The van der Waals surface area contributed by atoms with Crippen molar-refractivity contribution < 1.29 is 0 Å². The van der Waals surface area contributed by atoms with Crippen molar-refractivity contribution in [2.75, 3.05) is 13.1 Å². The molecule has 0 unspecified atom stereocenters. The molecule has 2 heteroatoms. The Morgan fingerprint density at radius 3 is 3.00 bits per heavy atom. The molecule has 1 N–H and O–H groups in total. The monoisotopic (exact) mass is 223 g/mol. The molecule has 1 aliphatic heterocycles. The van der Waals surface area contributed by atoms with Gasteiger partial charge in [0, 0.05) is 17.5 Å². The van der Waals surface area contributed by atoms with Crippen LogP contribution in [-0.4, -0.2) is 13.1 Å². The van der Waals surface area contributed by atoms with E-state index < -0.39 is 0 Å². The molecule has 0 aliphatic carbocycles. The van der Waals surface area contributed by atoms with Crippen LogP contribution >= 0.6 is 11.6 Å². The quantitative estimate of drug-likeness (QED) is 0.828. The lowest BCUT2D eigenvalue weighted by Crippen LogP contribution is -2.10. The third-order valence-electron chi connectivity index (χ3n) is 3.28. The van der Waals surface area contributed by atoms with E-state index in [1.165, 1.54) is 18.4 Å². The normalized spacial score (nSPS) is 25.7. The van der Waals surface area contributed by atoms with Gasteiger partial charge in [-0.25, -0.2) is 0 Å². The molecular formula is C13H18ClN. The zero-order chi connectivity index (χ0) is 10.7. The predicted octanol–water partition coefficient (Wildman–Crippen LogP) is 3.44. The first-order valence-corrected chi connectivity index (χ1v) is 6.15. The van der Waals surface area contributed by atoms with Gasteiger partial charge in [0.2, 0.25) is 0 Å². The van der Waals surface area contributed by atoms with Crippen LogP contribution in [0.25, 0.3) is 0 Å². The lowest BCUT2D eigenvalue weighted by molar-refractivity contribution is 0.474. The maximum absolute atomic E-state index is 6.03. The summed E-state index contributed by atoms with van der Waals surface area (Å²) >= 11 is 6.03. The fourth-order valence-corrected chi connectivity index (χ4v) is 2.73. The van der Waals surface area contributed by atoms with E-state index in [0.717, 1.165) is 24.0 Å². The third-order valence-corrected chi connectivity index (χ3v) is 3.51. The van der Waals surface area contributed by atoms with E-state index in [-0.39, 0.29) is 0 Å². The van der Waals surface area contributed by atoms with E-state index >= 15 is 0 Å². The minimum atomic E-state index is 0.656. The predicted molar refractivity (Wildman–Crippen MR) is 65.5 cm³/mol. The second-order valence-corrected chi connectivity index (χ2v) is 4.80. The molecule has 1 aliphatic rings. The first-order valence-electron chi connectivity index (χ1n) is 5.77. The Balaban J connectivity index is 2.15. The number of nitrogens with one attached hydrogen (secondary N) is 1. The molecule has 0 saturated carbocycles. The highest BCUT2D eigenvalue weighted by Crippen LogP contribution is 2.32. The minimum absolute atomic E-state index is 0.656. The molecule has 15 heavy (non-hydrogen) atoms. The van der Waals surface area contributed by atoms with Gasteiger partial charge in [0.1, 0.15) is 0 Å². The molecule has 1 aromatic carbocycles. The molecule has 1 heterocycles. The summed E-state index contributed by atoms with van der Waals surface area (Å²) < 4.78 is 0. The third kappa shape index (κ3) is 2.53. The molecule has 82 valence electrons. The number of halogens is 1. The molecule has 2 atom stereocenters. The molecule has 1 aromatic rings. The van der Waals surface area contributed by atoms with E-state index in [0.29, 0.717) is 5.92 Å². The maximum atomic E-state index is 6.03. The van der Waals surface area contributed by atoms with Crippen molar-refractivity contribution in [3.8, 4) is 0 Å². The first-order chi connectivity index (χ1) is 7.31. The van der Waals surface area contributed by atoms with Gasteiger partial charge in [0.05, 0.1) is 0 Å². The lowest BCUT2D eigenvalue weighted by Gasteiger charge is -2.18. The maximum Gasteiger partial charge on any atom is 0.0408 e. The standard InChI is InChI=1S/C13H18ClN/c1-2-4-11-8-15-9-13(11)10-5-3-6-12(14)7-10/h3,5-7,11,13,15H,2,4,8-9H2,1H3/t11-,13-/m1/s1. The van der Waals surface area contributed by atoms with Gasteiger partial charge < -0.3 is 5.32 Å². The van der Waals surface area contributed by atoms with Crippen LogP contribution in [0.1, 0.15) is 31.2 Å². The van der Waals surface area contributed by atoms with Crippen molar-refractivity contribution in [3.05, 3.63) is 34.9 Å². The summed E-state index contributed by atoms with van der Waals surface area (Å²) in [5, 5.41) is 4.34. The number of hydrogen-bond acceptors (Lipinski definition) is 1. The van der Waals surface area contributed by atoms with Crippen LogP contribution < -0.4 is 5.32 Å². The Kier molecular flexibility index (Phi) is 3.66.